The highest BCUT2D eigenvalue weighted by Gasteiger charge is 2.13. The summed E-state index contributed by atoms with van der Waals surface area (Å²) in [4.78, 5) is 9.76. The topological polar surface area (TPSA) is 71.4 Å². The molecule has 0 saturated heterocycles. The van der Waals surface area contributed by atoms with Crippen LogP contribution in [0.25, 0.3) is 0 Å². The van der Waals surface area contributed by atoms with Crippen LogP contribution in [0.15, 0.2) is 29.2 Å². The molecule has 4 nitrogen and oxygen atoms in total. The zero-order valence-corrected chi connectivity index (χ0v) is 6.71. The van der Waals surface area contributed by atoms with Crippen LogP contribution in [-0.4, -0.2) is 19.3 Å². The van der Waals surface area contributed by atoms with Crippen LogP contribution in [0.5, 0.6) is 0 Å². The Morgan fingerprint density at radius 3 is 2.25 bits per heavy atom. The normalized spacial score (nSPS) is 11.1. The summed E-state index contributed by atoms with van der Waals surface area (Å²) in [5, 5.41) is 0. The molecule has 1 aromatic carbocycles. The van der Waals surface area contributed by atoms with Gasteiger partial charge in [0, 0.05) is 5.56 Å². The first kappa shape index (κ1) is 8.89. The molecule has 0 saturated carbocycles. The highest BCUT2D eigenvalue weighted by Crippen LogP contribution is 2.11. The van der Waals surface area contributed by atoms with Crippen molar-refractivity contribution in [1.82, 2.24) is 0 Å². The largest absolute Gasteiger partial charge is 0.295 e. The number of benzene rings is 1. The first-order valence-electron chi connectivity index (χ1n) is 3.00. The number of carbonyl (C=O) groups excluding carboxylic acids is 1. The molecule has 0 aliphatic rings. The molecule has 0 spiro atoms. The minimum absolute atomic E-state index is 0.167. The summed E-state index contributed by atoms with van der Waals surface area (Å²) in [6.45, 7) is 0. The highest BCUT2D eigenvalue weighted by molar-refractivity contribution is 7.86. The Labute approximate surface area is 69.6 Å². The molecule has 0 aliphatic heterocycles. The van der Waals surface area contributed by atoms with E-state index in [0.717, 1.165) is 6.07 Å². The van der Waals surface area contributed by atoms with Crippen molar-refractivity contribution < 1.29 is 17.8 Å². The fourth-order valence-corrected chi connectivity index (χ4v) is 1.41. The van der Waals surface area contributed by atoms with E-state index >= 15 is 0 Å². The maximum Gasteiger partial charge on any atom is 0.295 e. The molecule has 0 aliphatic carbocycles. The van der Waals surface area contributed by atoms with E-state index in [9.17, 15) is 13.2 Å². The van der Waals surface area contributed by atoms with Gasteiger partial charge in [-0.3, -0.25) is 9.35 Å². The summed E-state index contributed by atoms with van der Waals surface area (Å²) in [6, 6.07) is 5.28. The fourth-order valence-electron chi connectivity index (χ4n) is 0.776. The van der Waals surface area contributed by atoms with E-state index in [0.29, 0.717) is 0 Å². The van der Waals surface area contributed by atoms with Gasteiger partial charge in [0.25, 0.3) is 10.1 Å². The standard InChI is InChI=1S/C7H5O4S/c8-5-6-3-1-2-4-7(6)12(9,10)11/h1-4H,(H,9,10,11). The lowest BCUT2D eigenvalue weighted by Gasteiger charge is -1.97. The molecule has 0 atom stereocenters. The second kappa shape index (κ2) is 3.04. The highest BCUT2D eigenvalue weighted by atomic mass is 32.2. The van der Waals surface area contributed by atoms with Crippen molar-refractivity contribution in [3.63, 3.8) is 0 Å². The van der Waals surface area contributed by atoms with Gasteiger partial charge >= 0.3 is 0 Å². The van der Waals surface area contributed by atoms with Crippen LogP contribution in [0.1, 0.15) is 5.56 Å². The van der Waals surface area contributed by atoms with Crippen molar-refractivity contribution in [2.24, 2.45) is 0 Å². The predicted octanol–water partition coefficient (Wildman–Crippen LogP) is 0.391. The average Bonchev–Trinajstić information content (AvgIpc) is 2.03. The Balaban J connectivity index is 3.43. The van der Waals surface area contributed by atoms with Crippen LogP contribution in [0.2, 0.25) is 0 Å². The Bertz CT molecular complexity index is 394. The van der Waals surface area contributed by atoms with E-state index < -0.39 is 15.0 Å². The lowest BCUT2D eigenvalue weighted by Crippen LogP contribution is -2.01. The summed E-state index contributed by atoms with van der Waals surface area (Å²) in [7, 11) is -4.31. The van der Waals surface area contributed by atoms with Gasteiger partial charge in [-0.1, -0.05) is 12.1 Å². The van der Waals surface area contributed by atoms with Crippen LogP contribution in [0.4, 0.5) is 0 Å². The third-order valence-electron chi connectivity index (χ3n) is 1.27. The molecule has 0 bridgehead atoms. The van der Waals surface area contributed by atoms with Gasteiger partial charge in [-0.05, 0) is 12.1 Å². The Kier molecular flexibility index (Phi) is 2.25. The van der Waals surface area contributed by atoms with E-state index in [1.807, 2.05) is 0 Å². The van der Waals surface area contributed by atoms with Gasteiger partial charge in [0.05, 0.1) is 0 Å². The summed E-state index contributed by atoms with van der Waals surface area (Å²) in [5.74, 6) is 0. The van der Waals surface area contributed by atoms with Gasteiger partial charge in [-0.2, -0.15) is 8.42 Å². The quantitative estimate of drug-likeness (QED) is 0.676. The number of hydrogen-bond acceptors (Lipinski definition) is 3. The van der Waals surface area contributed by atoms with Gasteiger partial charge < -0.3 is 0 Å². The third-order valence-corrected chi connectivity index (χ3v) is 2.19. The van der Waals surface area contributed by atoms with Gasteiger partial charge in [0.2, 0.25) is 6.29 Å². The molecule has 1 N–H and O–H groups in total. The summed E-state index contributed by atoms with van der Waals surface area (Å²) in [5.41, 5.74) is -0.167. The molecule has 5 heteroatoms. The summed E-state index contributed by atoms with van der Waals surface area (Å²) in [6.07, 6.45) is 1.41. The molecule has 0 aromatic heterocycles. The Morgan fingerprint density at radius 1 is 1.25 bits per heavy atom. The predicted molar refractivity (Wildman–Crippen MR) is 41.1 cm³/mol. The molecular weight excluding hydrogens is 180 g/mol. The Morgan fingerprint density at radius 2 is 1.83 bits per heavy atom. The lowest BCUT2D eigenvalue weighted by atomic mass is 10.2. The van der Waals surface area contributed by atoms with Gasteiger partial charge in [-0.15, -0.1) is 0 Å². The first-order valence-corrected chi connectivity index (χ1v) is 4.44. The van der Waals surface area contributed by atoms with Crippen molar-refractivity contribution in [3.8, 4) is 0 Å². The van der Waals surface area contributed by atoms with E-state index in [2.05, 4.69) is 0 Å². The second-order valence-corrected chi connectivity index (χ2v) is 3.46. The van der Waals surface area contributed by atoms with Crippen LogP contribution in [0.3, 0.4) is 0 Å². The van der Waals surface area contributed by atoms with Crippen molar-refractivity contribution in [3.05, 3.63) is 29.8 Å². The van der Waals surface area contributed by atoms with E-state index in [4.69, 9.17) is 4.55 Å². The van der Waals surface area contributed by atoms with Crippen LogP contribution in [-0.2, 0) is 14.9 Å². The minimum Gasteiger partial charge on any atom is -0.285 e. The molecule has 63 valence electrons. The molecular formula is C7H5O4S. The smallest absolute Gasteiger partial charge is 0.285 e. The van der Waals surface area contributed by atoms with Gasteiger partial charge in [0.1, 0.15) is 4.90 Å². The molecule has 0 unspecified atom stereocenters. The van der Waals surface area contributed by atoms with Crippen molar-refractivity contribution in [2.45, 2.75) is 4.90 Å². The monoisotopic (exact) mass is 185 g/mol. The molecule has 1 rings (SSSR count). The van der Waals surface area contributed by atoms with Crippen molar-refractivity contribution in [2.75, 3.05) is 0 Å². The number of hydrogen-bond donors (Lipinski definition) is 1. The van der Waals surface area contributed by atoms with E-state index in [-0.39, 0.29) is 5.56 Å². The molecule has 0 fully saturated rings. The fraction of sp³-hybridized carbons (Fsp3) is 0. The third kappa shape index (κ3) is 1.69. The summed E-state index contributed by atoms with van der Waals surface area (Å²) < 4.78 is 29.8. The molecule has 1 aromatic rings. The maximum absolute atomic E-state index is 10.6. The minimum atomic E-state index is -4.31. The zero-order chi connectivity index (χ0) is 9.19. The van der Waals surface area contributed by atoms with Crippen molar-refractivity contribution in [1.29, 1.82) is 0 Å². The number of rotatable bonds is 2. The first-order chi connectivity index (χ1) is 5.55. The second-order valence-electron chi connectivity index (χ2n) is 2.07. The Hall–Kier alpha value is -1.20. The van der Waals surface area contributed by atoms with Crippen molar-refractivity contribution >= 4 is 16.4 Å². The summed E-state index contributed by atoms with van der Waals surface area (Å²) >= 11 is 0. The zero-order valence-electron chi connectivity index (χ0n) is 5.89. The molecule has 0 amide bonds. The van der Waals surface area contributed by atoms with Crippen LogP contribution >= 0.6 is 0 Å². The van der Waals surface area contributed by atoms with Gasteiger partial charge in [-0.25, -0.2) is 0 Å². The molecule has 12 heavy (non-hydrogen) atoms. The maximum atomic E-state index is 10.6. The average molecular weight is 185 g/mol. The van der Waals surface area contributed by atoms with E-state index in [1.165, 1.54) is 24.5 Å². The van der Waals surface area contributed by atoms with Gasteiger partial charge in [0.15, 0.2) is 0 Å². The lowest BCUT2D eigenvalue weighted by molar-refractivity contribution is 0.482. The van der Waals surface area contributed by atoms with E-state index in [1.54, 1.807) is 0 Å². The SMILES string of the molecule is O=[C]c1ccccc1S(=O)(=O)O. The van der Waals surface area contributed by atoms with Crippen LogP contribution < -0.4 is 0 Å². The molecule has 1 radical (unpaired) electrons. The van der Waals surface area contributed by atoms with Crippen LogP contribution in [0, 0.1) is 0 Å². The molecule has 0 heterocycles.